The molecule has 0 unspecified atom stereocenters. The van der Waals surface area contributed by atoms with Crippen LogP contribution in [0, 0.1) is 6.92 Å². The van der Waals surface area contributed by atoms with Gasteiger partial charge in [0.2, 0.25) is 0 Å². The number of hydrogen-bond donors (Lipinski definition) is 1. The maximum absolute atomic E-state index is 5.99. The lowest BCUT2D eigenvalue weighted by Gasteiger charge is -2.12. The highest BCUT2D eigenvalue weighted by molar-refractivity contribution is 7.14. The minimum absolute atomic E-state index is 0.330. The van der Waals surface area contributed by atoms with Gasteiger partial charge in [-0.15, -0.1) is 11.3 Å². The number of anilines is 1. The van der Waals surface area contributed by atoms with Gasteiger partial charge in [0, 0.05) is 16.6 Å². The number of nitrogen functional groups attached to an aromatic ring is 1. The van der Waals surface area contributed by atoms with Gasteiger partial charge in [0.05, 0.1) is 9.90 Å². The smallest absolute Gasteiger partial charge is 0.171 e. The molecule has 0 aliphatic heterocycles. The fourth-order valence-electron chi connectivity index (χ4n) is 1.86. The predicted octanol–water partition coefficient (Wildman–Crippen LogP) is 3.87. The van der Waals surface area contributed by atoms with Gasteiger partial charge in [-0.05, 0) is 18.9 Å². The van der Waals surface area contributed by atoms with Gasteiger partial charge in [-0.3, -0.25) is 0 Å². The second-order valence-corrected chi connectivity index (χ2v) is 5.56. The molecule has 2 rings (SSSR count). The van der Waals surface area contributed by atoms with Crippen LogP contribution in [-0.2, 0) is 0 Å². The molecule has 0 saturated carbocycles. The van der Waals surface area contributed by atoms with E-state index in [1.54, 1.807) is 0 Å². The summed E-state index contributed by atoms with van der Waals surface area (Å²) in [7, 11) is 0. The Balaban J connectivity index is 2.52. The Morgan fingerprint density at radius 2 is 2.06 bits per heavy atom. The molecular formula is C12H14ClN3S. The molecular weight excluding hydrogens is 254 g/mol. The van der Waals surface area contributed by atoms with Gasteiger partial charge < -0.3 is 5.73 Å². The molecule has 5 heteroatoms. The van der Waals surface area contributed by atoms with Crippen molar-refractivity contribution in [3.8, 4) is 10.7 Å². The van der Waals surface area contributed by atoms with Crippen molar-refractivity contribution in [1.82, 2.24) is 9.97 Å². The molecule has 0 aromatic carbocycles. The van der Waals surface area contributed by atoms with Gasteiger partial charge in [-0.25, -0.2) is 9.97 Å². The van der Waals surface area contributed by atoms with Crippen LogP contribution in [0.3, 0.4) is 0 Å². The summed E-state index contributed by atoms with van der Waals surface area (Å²) in [5.74, 6) is 1.55. The molecule has 0 saturated heterocycles. The van der Waals surface area contributed by atoms with Crippen LogP contribution in [0.2, 0.25) is 5.02 Å². The molecule has 2 heterocycles. The third kappa shape index (κ3) is 2.42. The van der Waals surface area contributed by atoms with Crippen LogP contribution in [-0.4, -0.2) is 9.97 Å². The van der Waals surface area contributed by atoms with Crippen LogP contribution in [0.4, 0.5) is 5.82 Å². The van der Waals surface area contributed by atoms with Crippen molar-refractivity contribution < 1.29 is 0 Å². The number of nitrogens with zero attached hydrogens (tertiary/aromatic N) is 2. The summed E-state index contributed by atoms with van der Waals surface area (Å²) in [5.41, 5.74) is 7.95. The third-order valence-corrected chi connectivity index (χ3v) is 3.80. The summed E-state index contributed by atoms with van der Waals surface area (Å²) >= 11 is 7.42. The molecule has 0 aliphatic rings. The Labute approximate surface area is 110 Å². The Hall–Kier alpha value is -1.13. The normalized spacial score (nSPS) is 11.1. The maximum Gasteiger partial charge on any atom is 0.171 e. The monoisotopic (exact) mass is 267 g/mol. The number of rotatable bonds is 2. The average Bonchev–Trinajstić information content (AvgIpc) is 2.63. The molecule has 90 valence electrons. The zero-order valence-electron chi connectivity index (χ0n) is 9.99. The summed E-state index contributed by atoms with van der Waals surface area (Å²) in [6, 6.07) is 1.86. The van der Waals surface area contributed by atoms with E-state index in [1.807, 2.05) is 18.4 Å². The summed E-state index contributed by atoms with van der Waals surface area (Å²) in [6.45, 7) is 6.14. The van der Waals surface area contributed by atoms with Gasteiger partial charge in [0.1, 0.15) is 5.82 Å². The van der Waals surface area contributed by atoms with Crippen LogP contribution in [0.15, 0.2) is 11.4 Å². The zero-order valence-corrected chi connectivity index (χ0v) is 11.6. The number of halogens is 1. The molecule has 2 N–H and O–H groups in total. The minimum Gasteiger partial charge on any atom is -0.383 e. The molecule has 0 fully saturated rings. The average molecular weight is 268 g/mol. The van der Waals surface area contributed by atoms with Crippen LogP contribution in [0.1, 0.15) is 31.0 Å². The quantitative estimate of drug-likeness (QED) is 0.899. The number of nitrogens with two attached hydrogens (primary N) is 1. The van der Waals surface area contributed by atoms with E-state index < -0.39 is 0 Å². The van der Waals surface area contributed by atoms with Crippen LogP contribution in [0.25, 0.3) is 10.7 Å². The van der Waals surface area contributed by atoms with Crippen molar-refractivity contribution >= 4 is 28.8 Å². The van der Waals surface area contributed by atoms with E-state index in [0.29, 0.717) is 22.6 Å². The van der Waals surface area contributed by atoms with Crippen LogP contribution >= 0.6 is 22.9 Å². The van der Waals surface area contributed by atoms with Crippen molar-refractivity contribution in [3.05, 3.63) is 27.7 Å². The third-order valence-electron chi connectivity index (χ3n) is 2.53. The van der Waals surface area contributed by atoms with Gasteiger partial charge in [0.15, 0.2) is 5.82 Å². The fraction of sp³-hybridized carbons (Fsp3) is 0.333. The van der Waals surface area contributed by atoms with E-state index in [9.17, 15) is 0 Å². The number of aryl methyl sites for hydroxylation is 1. The van der Waals surface area contributed by atoms with Crippen molar-refractivity contribution in [3.63, 3.8) is 0 Å². The van der Waals surface area contributed by atoms with Crippen molar-refractivity contribution in [2.45, 2.75) is 26.7 Å². The summed E-state index contributed by atoms with van der Waals surface area (Å²) in [4.78, 5) is 9.80. The first kappa shape index (κ1) is 12.3. The molecule has 0 aliphatic carbocycles. The Kier molecular flexibility index (Phi) is 3.35. The minimum atomic E-state index is 0.330. The topological polar surface area (TPSA) is 51.8 Å². The largest absolute Gasteiger partial charge is 0.383 e. The molecule has 3 nitrogen and oxygen atoms in total. The van der Waals surface area contributed by atoms with Gasteiger partial charge >= 0.3 is 0 Å². The molecule has 0 spiro atoms. The van der Waals surface area contributed by atoms with E-state index in [1.165, 1.54) is 11.3 Å². The second kappa shape index (κ2) is 4.63. The fourth-order valence-corrected chi connectivity index (χ4v) is 2.86. The molecule has 0 amide bonds. The Bertz CT molecular complexity index is 525. The summed E-state index contributed by atoms with van der Waals surface area (Å²) in [6.07, 6.45) is 0. The first-order chi connectivity index (χ1) is 7.99. The number of thiophene rings is 1. The van der Waals surface area contributed by atoms with E-state index in [-0.39, 0.29) is 0 Å². The van der Waals surface area contributed by atoms with E-state index in [0.717, 1.165) is 16.1 Å². The molecule has 2 aromatic heterocycles. The lowest BCUT2D eigenvalue weighted by atomic mass is 10.0. The number of aromatic nitrogens is 2. The first-order valence-electron chi connectivity index (χ1n) is 5.37. The molecule has 2 aromatic rings. The summed E-state index contributed by atoms with van der Waals surface area (Å²) < 4.78 is 0. The van der Waals surface area contributed by atoms with Crippen molar-refractivity contribution in [2.75, 3.05) is 5.73 Å². The molecule has 0 atom stereocenters. The standard InChI is InChI=1S/C12H14ClN3S/c1-6(2)10-7(3)15-12(16-11(10)14)9-4-8(13)5-17-9/h4-6H,1-3H3,(H2,14,15,16). The highest BCUT2D eigenvalue weighted by Gasteiger charge is 2.14. The van der Waals surface area contributed by atoms with Gasteiger partial charge in [-0.2, -0.15) is 0 Å². The van der Waals surface area contributed by atoms with E-state index in [4.69, 9.17) is 17.3 Å². The van der Waals surface area contributed by atoms with Crippen molar-refractivity contribution in [1.29, 1.82) is 0 Å². The first-order valence-corrected chi connectivity index (χ1v) is 6.63. The van der Waals surface area contributed by atoms with Crippen molar-refractivity contribution in [2.24, 2.45) is 0 Å². The van der Waals surface area contributed by atoms with Crippen LogP contribution < -0.4 is 5.73 Å². The Morgan fingerprint density at radius 1 is 1.35 bits per heavy atom. The van der Waals surface area contributed by atoms with E-state index in [2.05, 4.69) is 23.8 Å². The van der Waals surface area contributed by atoms with Gasteiger partial charge in [0.25, 0.3) is 0 Å². The SMILES string of the molecule is Cc1nc(-c2cc(Cl)cs2)nc(N)c1C(C)C. The molecule has 17 heavy (non-hydrogen) atoms. The zero-order chi connectivity index (χ0) is 12.6. The molecule has 0 bridgehead atoms. The Morgan fingerprint density at radius 3 is 2.53 bits per heavy atom. The lowest BCUT2D eigenvalue weighted by molar-refractivity contribution is 0.836. The second-order valence-electron chi connectivity index (χ2n) is 4.22. The highest BCUT2D eigenvalue weighted by atomic mass is 35.5. The van der Waals surface area contributed by atoms with Gasteiger partial charge in [-0.1, -0.05) is 25.4 Å². The number of hydrogen-bond acceptors (Lipinski definition) is 4. The lowest BCUT2D eigenvalue weighted by Crippen LogP contribution is -2.06. The maximum atomic E-state index is 5.99. The van der Waals surface area contributed by atoms with E-state index >= 15 is 0 Å². The molecule has 0 radical (unpaired) electrons. The van der Waals surface area contributed by atoms with Crippen LogP contribution in [0.5, 0.6) is 0 Å². The highest BCUT2D eigenvalue weighted by Crippen LogP contribution is 2.30. The predicted molar refractivity (Wildman–Crippen MR) is 73.6 cm³/mol. The summed E-state index contributed by atoms with van der Waals surface area (Å²) in [5, 5.41) is 2.57.